The number of carboxylic acids is 1. The maximum absolute atomic E-state index is 12.2. The molecule has 1 aromatic rings. The second-order valence-corrected chi connectivity index (χ2v) is 5.62. The smallest absolute Gasteiger partial charge is 0.317 e. The van der Waals surface area contributed by atoms with Crippen molar-refractivity contribution in [2.45, 2.75) is 52.1 Å². The first-order valence-corrected chi connectivity index (χ1v) is 7.56. The van der Waals surface area contributed by atoms with Gasteiger partial charge in [-0.15, -0.1) is 0 Å². The van der Waals surface area contributed by atoms with Crippen LogP contribution in [0.3, 0.4) is 0 Å². The summed E-state index contributed by atoms with van der Waals surface area (Å²) in [6.45, 7) is 4.43. The number of urea groups is 1. The van der Waals surface area contributed by atoms with E-state index >= 15 is 0 Å². The maximum Gasteiger partial charge on any atom is 0.317 e. The molecule has 0 saturated heterocycles. The summed E-state index contributed by atoms with van der Waals surface area (Å²) in [5.41, 5.74) is 1.98. The average Bonchev–Trinajstić information content (AvgIpc) is 2.76. The van der Waals surface area contributed by atoms with E-state index in [1.807, 2.05) is 20.9 Å². The number of carbonyl (C=O) groups excluding carboxylic acids is 1. The lowest BCUT2D eigenvalue weighted by molar-refractivity contribution is -0.137. The van der Waals surface area contributed by atoms with Gasteiger partial charge in [0.1, 0.15) is 0 Å². The van der Waals surface area contributed by atoms with Crippen LogP contribution in [-0.2, 0) is 18.4 Å². The van der Waals surface area contributed by atoms with Crippen LogP contribution >= 0.6 is 0 Å². The highest BCUT2D eigenvalue weighted by Crippen LogP contribution is 2.10. The minimum atomic E-state index is -0.896. The van der Waals surface area contributed by atoms with Crippen molar-refractivity contribution in [2.24, 2.45) is 7.05 Å². The molecule has 0 saturated carbocycles. The van der Waals surface area contributed by atoms with Crippen LogP contribution in [0.5, 0.6) is 0 Å². The number of aliphatic carboxylic acids is 1. The Labute approximate surface area is 131 Å². The van der Waals surface area contributed by atoms with E-state index in [2.05, 4.69) is 10.4 Å². The second-order valence-electron chi connectivity index (χ2n) is 5.62. The molecule has 1 heterocycles. The number of aryl methyl sites for hydroxylation is 1. The molecule has 124 valence electrons. The predicted octanol–water partition coefficient (Wildman–Crippen LogP) is 1.90. The molecule has 1 atom stereocenters. The van der Waals surface area contributed by atoms with Gasteiger partial charge in [0.25, 0.3) is 0 Å². The average molecular weight is 310 g/mol. The van der Waals surface area contributed by atoms with Crippen molar-refractivity contribution in [3.8, 4) is 0 Å². The van der Waals surface area contributed by atoms with Crippen LogP contribution in [0.25, 0.3) is 0 Å². The zero-order valence-electron chi connectivity index (χ0n) is 13.8. The van der Waals surface area contributed by atoms with Crippen molar-refractivity contribution in [1.82, 2.24) is 20.0 Å². The molecule has 1 rings (SSSR count). The standard InChI is InChI=1S/C15H26N4O3/c1-5-6-7-13(8-14(20)21)17-15(22)18(3)10-12-9-16-19(4)11(12)2/h9,13H,5-8,10H2,1-4H3,(H,17,22)(H,20,21). The third-order valence-electron chi connectivity index (χ3n) is 3.75. The molecule has 0 bridgehead atoms. The van der Waals surface area contributed by atoms with Crippen molar-refractivity contribution < 1.29 is 14.7 Å². The zero-order chi connectivity index (χ0) is 16.7. The number of nitrogens with zero attached hydrogens (tertiary/aromatic N) is 3. The topological polar surface area (TPSA) is 87.5 Å². The second kappa shape index (κ2) is 8.41. The Morgan fingerprint density at radius 2 is 2.18 bits per heavy atom. The van der Waals surface area contributed by atoms with Gasteiger partial charge in [0, 0.05) is 31.4 Å². The summed E-state index contributed by atoms with van der Waals surface area (Å²) in [7, 11) is 3.55. The number of carbonyl (C=O) groups is 2. The van der Waals surface area contributed by atoms with Gasteiger partial charge in [0.2, 0.25) is 0 Å². The molecule has 7 nitrogen and oxygen atoms in total. The van der Waals surface area contributed by atoms with Gasteiger partial charge in [-0.3, -0.25) is 9.48 Å². The number of unbranched alkanes of at least 4 members (excludes halogenated alkanes) is 1. The molecule has 2 N–H and O–H groups in total. The van der Waals surface area contributed by atoms with Gasteiger partial charge in [-0.25, -0.2) is 4.79 Å². The molecule has 2 amide bonds. The molecule has 7 heteroatoms. The van der Waals surface area contributed by atoms with Gasteiger partial charge in [0.05, 0.1) is 19.2 Å². The van der Waals surface area contributed by atoms with Gasteiger partial charge in [-0.05, 0) is 13.3 Å². The lowest BCUT2D eigenvalue weighted by Gasteiger charge is -2.22. The first-order valence-electron chi connectivity index (χ1n) is 7.56. The number of rotatable bonds is 8. The molecule has 0 fully saturated rings. The quantitative estimate of drug-likeness (QED) is 0.767. The number of aromatic nitrogens is 2. The van der Waals surface area contributed by atoms with Crippen molar-refractivity contribution in [3.63, 3.8) is 0 Å². The number of hydrogen-bond donors (Lipinski definition) is 2. The van der Waals surface area contributed by atoms with Crippen molar-refractivity contribution >= 4 is 12.0 Å². The van der Waals surface area contributed by atoms with E-state index in [1.54, 1.807) is 22.8 Å². The number of nitrogens with one attached hydrogen (secondary N) is 1. The Balaban J connectivity index is 2.60. The highest BCUT2D eigenvalue weighted by atomic mass is 16.4. The van der Waals surface area contributed by atoms with Gasteiger partial charge in [-0.1, -0.05) is 19.8 Å². The fraction of sp³-hybridized carbons (Fsp3) is 0.667. The molecule has 0 aliphatic carbocycles. The minimum Gasteiger partial charge on any atom is -0.481 e. The fourth-order valence-electron chi connectivity index (χ4n) is 2.20. The summed E-state index contributed by atoms with van der Waals surface area (Å²) in [6.07, 6.45) is 4.23. The maximum atomic E-state index is 12.2. The molecule has 0 aliphatic rings. The first-order chi connectivity index (χ1) is 10.3. The monoisotopic (exact) mass is 310 g/mol. The van der Waals surface area contributed by atoms with Crippen molar-refractivity contribution in [1.29, 1.82) is 0 Å². The summed E-state index contributed by atoms with van der Waals surface area (Å²) >= 11 is 0. The van der Waals surface area contributed by atoms with Crippen molar-refractivity contribution in [3.05, 3.63) is 17.5 Å². The van der Waals surface area contributed by atoms with E-state index in [4.69, 9.17) is 5.11 Å². The molecular weight excluding hydrogens is 284 g/mol. The molecule has 0 aliphatic heterocycles. The number of hydrogen-bond acceptors (Lipinski definition) is 3. The van der Waals surface area contributed by atoms with E-state index in [0.29, 0.717) is 13.0 Å². The summed E-state index contributed by atoms with van der Waals surface area (Å²) in [4.78, 5) is 24.6. The summed E-state index contributed by atoms with van der Waals surface area (Å²) in [6, 6.07) is -0.590. The van der Waals surface area contributed by atoms with Crippen LogP contribution in [0, 0.1) is 6.92 Å². The van der Waals surface area contributed by atoms with E-state index in [9.17, 15) is 9.59 Å². The molecule has 22 heavy (non-hydrogen) atoms. The van der Waals surface area contributed by atoms with Crippen LogP contribution in [0.4, 0.5) is 4.79 Å². The van der Waals surface area contributed by atoms with Crippen LogP contribution in [0.2, 0.25) is 0 Å². The number of amides is 2. The van der Waals surface area contributed by atoms with E-state index in [-0.39, 0.29) is 18.5 Å². The third-order valence-corrected chi connectivity index (χ3v) is 3.75. The Kier molecular flexibility index (Phi) is 6.88. The predicted molar refractivity (Wildman–Crippen MR) is 83.5 cm³/mol. The van der Waals surface area contributed by atoms with Crippen molar-refractivity contribution in [2.75, 3.05) is 7.05 Å². The van der Waals surface area contributed by atoms with Crippen LogP contribution in [-0.4, -0.2) is 44.9 Å². The molecule has 1 unspecified atom stereocenters. The van der Waals surface area contributed by atoms with Crippen LogP contribution in [0.15, 0.2) is 6.20 Å². The summed E-state index contributed by atoms with van der Waals surface area (Å²) in [5.74, 6) is -0.896. The largest absolute Gasteiger partial charge is 0.481 e. The zero-order valence-corrected chi connectivity index (χ0v) is 13.8. The summed E-state index contributed by atoms with van der Waals surface area (Å²) < 4.78 is 1.76. The van der Waals surface area contributed by atoms with E-state index in [1.165, 1.54) is 0 Å². The highest BCUT2D eigenvalue weighted by molar-refractivity contribution is 5.75. The summed E-state index contributed by atoms with van der Waals surface area (Å²) in [5, 5.41) is 15.9. The molecule has 0 spiro atoms. The first kappa shape index (κ1) is 18.0. The molecule has 0 aromatic carbocycles. The van der Waals surface area contributed by atoms with Crippen LogP contribution in [0.1, 0.15) is 43.9 Å². The lowest BCUT2D eigenvalue weighted by Crippen LogP contribution is -2.43. The van der Waals surface area contributed by atoms with Gasteiger partial charge >= 0.3 is 12.0 Å². The Bertz CT molecular complexity index is 513. The van der Waals surface area contributed by atoms with Gasteiger partial charge < -0.3 is 15.3 Å². The van der Waals surface area contributed by atoms with Gasteiger partial charge in [-0.2, -0.15) is 5.10 Å². The normalized spacial score (nSPS) is 12.0. The van der Waals surface area contributed by atoms with Crippen LogP contribution < -0.4 is 5.32 Å². The Morgan fingerprint density at radius 1 is 1.50 bits per heavy atom. The lowest BCUT2D eigenvalue weighted by atomic mass is 10.1. The highest BCUT2D eigenvalue weighted by Gasteiger charge is 2.18. The van der Waals surface area contributed by atoms with E-state index in [0.717, 1.165) is 24.1 Å². The van der Waals surface area contributed by atoms with E-state index < -0.39 is 5.97 Å². The third kappa shape index (κ3) is 5.38. The fourth-order valence-corrected chi connectivity index (χ4v) is 2.20. The number of carboxylic acid groups (broad SMARTS) is 1. The molecule has 0 radical (unpaired) electrons. The Morgan fingerprint density at radius 3 is 2.68 bits per heavy atom. The Hall–Kier alpha value is -2.05. The SMILES string of the molecule is CCCCC(CC(=O)O)NC(=O)N(C)Cc1cnn(C)c1C. The minimum absolute atomic E-state index is 0.0501. The molecule has 1 aromatic heterocycles. The van der Waals surface area contributed by atoms with Gasteiger partial charge in [0.15, 0.2) is 0 Å². The molecular formula is C15H26N4O3.